The second-order valence-electron chi connectivity index (χ2n) is 3.54. The molecule has 0 aliphatic heterocycles. The molecule has 1 aromatic rings. The smallest absolute Gasteiger partial charge is 0.269 e. The highest BCUT2D eigenvalue weighted by Crippen LogP contribution is 2.16. The van der Waals surface area contributed by atoms with Crippen LogP contribution in [0.3, 0.4) is 0 Å². The second kappa shape index (κ2) is 4.25. The molecule has 1 amide bonds. The third-order valence-corrected chi connectivity index (χ3v) is 2.11. The van der Waals surface area contributed by atoms with Gasteiger partial charge in [-0.05, 0) is 13.3 Å². The number of aromatic nitrogens is 2. The first kappa shape index (κ1) is 11.4. The third-order valence-electron chi connectivity index (χ3n) is 2.11. The van der Waals surface area contributed by atoms with Crippen LogP contribution in [0.25, 0.3) is 0 Å². The summed E-state index contributed by atoms with van der Waals surface area (Å²) in [4.78, 5) is 21.5. The Balaban J connectivity index is 3.35. The first-order chi connectivity index (χ1) is 6.97. The van der Waals surface area contributed by atoms with E-state index in [-0.39, 0.29) is 5.69 Å². The Kier molecular flexibility index (Phi) is 3.24. The molecule has 0 aliphatic rings. The number of carbonyl (C=O) groups excluding carboxylic acids is 1. The molecule has 0 atom stereocenters. The summed E-state index contributed by atoms with van der Waals surface area (Å²) in [5.41, 5.74) is 6.83. The first-order valence-electron chi connectivity index (χ1n) is 4.82. The number of carbonyl (C=O) groups is 1. The molecule has 1 rings (SSSR count). The lowest BCUT2D eigenvalue weighted by Crippen LogP contribution is -2.21. The molecular weight excluding hydrogens is 192 g/mol. The van der Waals surface area contributed by atoms with Gasteiger partial charge in [0.1, 0.15) is 11.5 Å². The van der Waals surface area contributed by atoms with Crippen molar-refractivity contribution in [3.63, 3.8) is 0 Å². The van der Waals surface area contributed by atoms with Crippen molar-refractivity contribution in [2.24, 2.45) is 5.73 Å². The van der Waals surface area contributed by atoms with Crippen molar-refractivity contribution in [2.75, 3.05) is 19.0 Å². The minimum absolute atomic E-state index is 0.262. The van der Waals surface area contributed by atoms with Crippen molar-refractivity contribution < 1.29 is 4.79 Å². The number of rotatable bonds is 3. The summed E-state index contributed by atoms with van der Waals surface area (Å²) >= 11 is 0. The molecule has 0 fully saturated rings. The molecule has 0 radical (unpaired) electrons. The molecule has 15 heavy (non-hydrogen) atoms. The maximum Gasteiger partial charge on any atom is 0.269 e. The molecule has 0 unspecified atom stereocenters. The lowest BCUT2D eigenvalue weighted by Gasteiger charge is -2.16. The topological polar surface area (TPSA) is 72.1 Å². The van der Waals surface area contributed by atoms with E-state index < -0.39 is 5.91 Å². The molecule has 0 aliphatic carbocycles. The zero-order valence-electron chi connectivity index (χ0n) is 9.53. The summed E-state index contributed by atoms with van der Waals surface area (Å²) in [5.74, 6) is 0.264. The SMILES string of the molecule is CCc1nc(C(N)=O)c(C)nc1N(C)C. The van der Waals surface area contributed by atoms with E-state index in [1.54, 1.807) is 6.92 Å². The second-order valence-corrected chi connectivity index (χ2v) is 3.54. The van der Waals surface area contributed by atoms with Gasteiger partial charge in [-0.3, -0.25) is 4.79 Å². The van der Waals surface area contributed by atoms with E-state index in [0.29, 0.717) is 5.69 Å². The van der Waals surface area contributed by atoms with Gasteiger partial charge < -0.3 is 10.6 Å². The molecule has 2 N–H and O–H groups in total. The van der Waals surface area contributed by atoms with Crippen LogP contribution in [0.15, 0.2) is 0 Å². The number of anilines is 1. The molecule has 1 aromatic heterocycles. The van der Waals surface area contributed by atoms with Gasteiger partial charge in [0.15, 0.2) is 0 Å². The summed E-state index contributed by atoms with van der Waals surface area (Å²) < 4.78 is 0. The van der Waals surface area contributed by atoms with Gasteiger partial charge in [-0.2, -0.15) is 0 Å². The van der Waals surface area contributed by atoms with E-state index in [2.05, 4.69) is 9.97 Å². The van der Waals surface area contributed by atoms with Crippen LogP contribution >= 0.6 is 0 Å². The number of hydrogen-bond acceptors (Lipinski definition) is 4. The van der Waals surface area contributed by atoms with Crippen molar-refractivity contribution in [3.8, 4) is 0 Å². The summed E-state index contributed by atoms with van der Waals surface area (Å²) in [6.07, 6.45) is 0.723. The van der Waals surface area contributed by atoms with Crippen LogP contribution in [0.1, 0.15) is 28.8 Å². The lowest BCUT2D eigenvalue weighted by atomic mass is 10.2. The van der Waals surface area contributed by atoms with Crippen LogP contribution in [-0.4, -0.2) is 30.0 Å². The zero-order valence-corrected chi connectivity index (χ0v) is 9.53. The fourth-order valence-corrected chi connectivity index (χ4v) is 1.37. The van der Waals surface area contributed by atoms with Crippen LogP contribution in [0.2, 0.25) is 0 Å². The van der Waals surface area contributed by atoms with Crippen molar-refractivity contribution in [1.29, 1.82) is 0 Å². The molecule has 0 aromatic carbocycles. The van der Waals surface area contributed by atoms with Crippen LogP contribution in [0.5, 0.6) is 0 Å². The number of aryl methyl sites for hydroxylation is 2. The molecular formula is C10H16N4O. The van der Waals surface area contributed by atoms with Gasteiger partial charge in [0.05, 0.1) is 11.4 Å². The van der Waals surface area contributed by atoms with Gasteiger partial charge in [-0.15, -0.1) is 0 Å². The van der Waals surface area contributed by atoms with Gasteiger partial charge >= 0.3 is 0 Å². The Labute approximate surface area is 89.3 Å². The Morgan fingerprint density at radius 2 is 2.00 bits per heavy atom. The molecule has 0 bridgehead atoms. The highest BCUT2D eigenvalue weighted by Gasteiger charge is 2.14. The quantitative estimate of drug-likeness (QED) is 0.785. The third kappa shape index (κ3) is 2.23. The summed E-state index contributed by atoms with van der Waals surface area (Å²) in [6.45, 7) is 3.71. The fraction of sp³-hybridized carbons (Fsp3) is 0.500. The number of nitrogens with two attached hydrogens (primary N) is 1. The normalized spacial score (nSPS) is 10.1. The zero-order chi connectivity index (χ0) is 11.6. The largest absolute Gasteiger partial charge is 0.364 e. The average Bonchev–Trinajstić information content (AvgIpc) is 2.16. The van der Waals surface area contributed by atoms with Crippen LogP contribution in [0, 0.1) is 6.92 Å². The van der Waals surface area contributed by atoms with E-state index in [1.807, 2.05) is 25.9 Å². The van der Waals surface area contributed by atoms with E-state index in [4.69, 9.17) is 5.73 Å². The van der Waals surface area contributed by atoms with Crippen LogP contribution < -0.4 is 10.6 Å². The standard InChI is InChI=1S/C10H16N4O/c1-5-7-10(14(3)4)12-6(2)8(13-7)9(11)15/h5H2,1-4H3,(H2,11,15). The highest BCUT2D eigenvalue weighted by atomic mass is 16.1. The minimum Gasteiger partial charge on any atom is -0.364 e. The maximum absolute atomic E-state index is 11.1. The highest BCUT2D eigenvalue weighted by molar-refractivity contribution is 5.92. The van der Waals surface area contributed by atoms with Crippen molar-refractivity contribution in [1.82, 2.24) is 9.97 Å². The monoisotopic (exact) mass is 208 g/mol. The van der Waals surface area contributed by atoms with Crippen LogP contribution in [0.4, 0.5) is 5.82 Å². The van der Waals surface area contributed by atoms with Crippen molar-refractivity contribution in [3.05, 3.63) is 17.1 Å². The average molecular weight is 208 g/mol. The predicted octanol–water partition coefficient (Wildman–Crippen LogP) is 0.512. The summed E-state index contributed by atoms with van der Waals surface area (Å²) in [5, 5.41) is 0. The van der Waals surface area contributed by atoms with Gasteiger partial charge in [0.25, 0.3) is 5.91 Å². The van der Waals surface area contributed by atoms with E-state index in [0.717, 1.165) is 17.9 Å². The number of nitrogens with zero attached hydrogens (tertiary/aromatic N) is 3. The number of amides is 1. The van der Waals surface area contributed by atoms with E-state index in [9.17, 15) is 4.79 Å². The number of primary amides is 1. The molecule has 5 nitrogen and oxygen atoms in total. The van der Waals surface area contributed by atoms with E-state index in [1.165, 1.54) is 0 Å². The summed E-state index contributed by atoms with van der Waals surface area (Å²) in [7, 11) is 3.79. The fourth-order valence-electron chi connectivity index (χ4n) is 1.37. The lowest BCUT2D eigenvalue weighted by molar-refractivity contribution is 0.0994. The maximum atomic E-state index is 11.1. The molecule has 5 heteroatoms. The molecule has 0 saturated heterocycles. The van der Waals surface area contributed by atoms with E-state index >= 15 is 0 Å². The first-order valence-corrected chi connectivity index (χ1v) is 4.82. The predicted molar refractivity (Wildman–Crippen MR) is 59.0 cm³/mol. The molecule has 82 valence electrons. The Morgan fingerprint density at radius 3 is 2.40 bits per heavy atom. The van der Waals surface area contributed by atoms with Gasteiger partial charge in [0.2, 0.25) is 0 Å². The van der Waals surface area contributed by atoms with Gasteiger partial charge in [-0.1, -0.05) is 6.92 Å². The molecule has 0 spiro atoms. The van der Waals surface area contributed by atoms with Gasteiger partial charge in [0, 0.05) is 14.1 Å². The van der Waals surface area contributed by atoms with Crippen molar-refractivity contribution >= 4 is 11.7 Å². The Morgan fingerprint density at radius 1 is 1.40 bits per heavy atom. The van der Waals surface area contributed by atoms with Crippen molar-refractivity contribution in [2.45, 2.75) is 20.3 Å². The number of hydrogen-bond donors (Lipinski definition) is 1. The molecule has 1 heterocycles. The molecule has 0 saturated carbocycles. The van der Waals surface area contributed by atoms with Crippen LogP contribution in [-0.2, 0) is 6.42 Å². The summed E-state index contributed by atoms with van der Waals surface area (Å²) in [6, 6.07) is 0. The van der Waals surface area contributed by atoms with Gasteiger partial charge in [-0.25, -0.2) is 9.97 Å². The minimum atomic E-state index is -0.528. The Bertz CT molecular complexity index is 387. The Hall–Kier alpha value is -1.65.